The van der Waals surface area contributed by atoms with Crippen molar-refractivity contribution in [3.05, 3.63) is 64.7 Å². The smallest absolute Gasteiger partial charge is 0.248 e. The number of benzene rings is 2. The summed E-state index contributed by atoms with van der Waals surface area (Å²) in [5, 5.41) is 3.34. The summed E-state index contributed by atoms with van der Waals surface area (Å²) >= 11 is 0. The van der Waals surface area contributed by atoms with Crippen LogP contribution in [0.3, 0.4) is 0 Å². The van der Waals surface area contributed by atoms with Crippen molar-refractivity contribution in [3.8, 4) is 0 Å². The van der Waals surface area contributed by atoms with E-state index in [0.29, 0.717) is 5.56 Å². The van der Waals surface area contributed by atoms with Gasteiger partial charge in [0.2, 0.25) is 5.91 Å². The molecule has 0 heterocycles. The van der Waals surface area contributed by atoms with Crippen LogP contribution in [-0.2, 0) is 19.4 Å². The van der Waals surface area contributed by atoms with Gasteiger partial charge in [0.05, 0.1) is 0 Å². The molecule has 0 bridgehead atoms. The van der Waals surface area contributed by atoms with E-state index in [2.05, 4.69) is 23.5 Å². The molecular weight excluding hydrogens is 248 g/mol. The van der Waals surface area contributed by atoms with Gasteiger partial charge >= 0.3 is 0 Å². The number of carbonyl (C=O) groups is 1. The lowest BCUT2D eigenvalue weighted by molar-refractivity contribution is 0.100. The van der Waals surface area contributed by atoms with E-state index in [1.165, 1.54) is 36.0 Å². The van der Waals surface area contributed by atoms with Gasteiger partial charge in [-0.25, -0.2) is 0 Å². The number of hydrogen-bond acceptors (Lipinski definition) is 2. The number of amides is 1. The van der Waals surface area contributed by atoms with Crippen LogP contribution >= 0.6 is 0 Å². The lowest BCUT2D eigenvalue weighted by Gasteiger charge is -2.09. The molecule has 1 amide bonds. The topological polar surface area (TPSA) is 55.1 Å². The summed E-state index contributed by atoms with van der Waals surface area (Å²) in [6.45, 7) is 0.759. The fourth-order valence-electron chi connectivity index (χ4n) is 2.72. The molecular formula is C17H18N2O. The van der Waals surface area contributed by atoms with Crippen LogP contribution in [-0.4, -0.2) is 5.91 Å². The Hall–Kier alpha value is -2.29. The highest BCUT2D eigenvalue weighted by Gasteiger charge is 2.10. The molecule has 2 aromatic carbocycles. The molecule has 0 fully saturated rings. The Balaban J connectivity index is 1.70. The average Bonchev–Trinajstić information content (AvgIpc) is 2.93. The van der Waals surface area contributed by atoms with E-state index in [1.54, 1.807) is 12.1 Å². The van der Waals surface area contributed by atoms with Crippen LogP contribution in [0.1, 0.15) is 33.5 Å². The van der Waals surface area contributed by atoms with Gasteiger partial charge in [0.1, 0.15) is 0 Å². The Bertz CT molecular complexity index is 649. The van der Waals surface area contributed by atoms with Gasteiger partial charge in [0, 0.05) is 17.8 Å². The molecule has 3 nitrogen and oxygen atoms in total. The third-order valence-electron chi connectivity index (χ3n) is 3.81. The number of hydrogen-bond donors (Lipinski definition) is 2. The summed E-state index contributed by atoms with van der Waals surface area (Å²) in [7, 11) is 0. The van der Waals surface area contributed by atoms with E-state index in [-0.39, 0.29) is 0 Å². The molecule has 0 unspecified atom stereocenters. The van der Waals surface area contributed by atoms with Crippen molar-refractivity contribution in [3.63, 3.8) is 0 Å². The number of rotatable bonds is 4. The Morgan fingerprint density at radius 3 is 2.80 bits per heavy atom. The van der Waals surface area contributed by atoms with E-state index >= 15 is 0 Å². The van der Waals surface area contributed by atoms with Gasteiger partial charge in [-0.2, -0.15) is 0 Å². The first kappa shape index (κ1) is 12.7. The average molecular weight is 266 g/mol. The number of aryl methyl sites for hydroxylation is 2. The van der Waals surface area contributed by atoms with Gasteiger partial charge in [-0.1, -0.05) is 24.3 Å². The second-order valence-electron chi connectivity index (χ2n) is 5.26. The summed E-state index contributed by atoms with van der Waals surface area (Å²) in [4.78, 5) is 11.1. The normalized spacial score (nSPS) is 13.0. The zero-order valence-corrected chi connectivity index (χ0v) is 11.4. The molecule has 0 aliphatic heterocycles. The fourth-order valence-corrected chi connectivity index (χ4v) is 2.72. The summed E-state index contributed by atoms with van der Waals surface area (Å²) in [5.74, 6) is -0.397. The molecule has 2 aromatic rings. The maximum Gasteiger partial charge on any atom is 0.248 e. The Morgan fingerprint density at radius 2 is 1.95 bits per heavy atom. The molecule has 0 spiro atoms. The van der Waals surface area contributed by atoms with E-state index in [1.807, 2.05) is 12.1 Å². The quantitative estimate of drug-likeness (QED) is 0.894. The van der Waals surface area contributed by atoms with Crippen LogP contribution < -0.4 is 11.1 Å². The summed E-state index contributed by atoms with van der Waals surface area (Å²) in [5.41, 5.74) is 11.0. The molecule has 0 aromatic heterocycles. The number of anilines is 1. The van der Waals surface area contributed by atoms with Crippen LogP contribution in [0.15, 0.2) is 42.5 Å². The molecule has 102 valence electrons. The van der Waals surface area contributed by atoms with E-state index in [9.17, 15) is 4.79 Å². The third-order valence-corrected chi connectivity index (χ3v) is 3.81. The summed E-state index contributed by atoms with van der Waals surface area (Å²) in [6, 6.07) is 14.0. The Morgan fingerprint density at radius 1 is 1.10 bits per heavy atom. The molecule has 3 N–H and O–H groups in total. The van der Waals surface area contributed by atoms with Crippen molar-refractivity contribution >= 4 is 11.6 Å². The maximum absolute atomic E-state index is 11.1. The van der Waals surface area contributed by atoms with E-state index < -0.39 is 5.91 Å². The van der Waals surface area contributed by atoms with Crippen molar-refractivity contribution in [1.82, 2.24) is 0 Å². The molecule has 0 saturated carbocycles. The Labute approximate surface area is 118 Å². The fraction of sp³-hybridized carbons (Fsp3) is 0.235. The van der Waals surface area contributed by atoms with Gasteiger partial charge in [-0.15, -0.1) is 0 Å². The lowest BCUT2D eigenvalue weighted by atomic mass is 10.1. The number of nitrogens with two attached hydrogens (primary N) is 1. The molecule has 3 heteroatoms. The minimum absolute atomic E-state index is 0.397. The molecule has 0 saturated heterocycles. The Kier molecular flexibility index (Phi) is 3.42. The SMILES string of the molecule is NC(=O)c1cccc(NCc2ccc3c(c2)CCC3)c1. The number of carbonyl (C=O) groups excluding carboxylic acids is 1. The first-order valence-electron chi connectivity index (χ1n) is 6.97. The third kappa shape index (κ3) is 2.67. The molecule has 1 aliphatic rings. The summed E-state index contributed by atoms with van der Waals surface area (Å²) < 4.78 is 0. The highest BCUT2D eigenvalue weighted by Crippen LogP contribution is 2.23. The van der Waals surface area contributed by atoms with Crippen molar-refractivity contribution in [2.24, 2.45) is 5.73 Å². The molecule has 20 heavy (non-hydrogen) atoms. The predicted octanol–water partition coefficient (Wildman–Crippen LogP) is 2.89. The van der Waals surface area contributed by atoms with E-state index in [0.717, 1.165) is 12.2 Å². The van der Waals surface area contributed by atoms with Crippen LogP contribution in [0.5, 0.6) is 0 Å². The van der Waals surface area contributed by atoms with E-state index in [4.69, 9.17) is 5.73 Å². The second-order valence-corrected chi connectivity index (χ2v) is 5.26. The minimum Gasteiger partial charge on any atom is -0.381 e. The first-order chi connectivity index (χ1) is 9.72. The van der Waals surface area contributed by atoms with Gasteiger partial charge < -0.3 is 11.1 Å². The van der Waals surface area contributed by atoms with Gasteiger partial charge in [0.25, 0.3) is 0 Å². The van der Waals surface area contributed by atoms with Crippen molar-refractivity contribution in [2.75, 3.05) is 5.32 Å². The van der Waals surface area contributed by atoms with Crippen molar-refractivity contribution in [2.45, 2.75) is 25.8 Å². The zero-order chi connectivity index (χ0) is 13.9. The van der Waals surface area contributed by atoms with Crippen molar-refractivity contribution < 1.29 is 4.79 Å². The lowest BCUT2D eigenvalue weighted by Crippen LogP contribution is -2.11. The highest BCUT2D eigenvalue weighted by molar-refractivity contribution is 5.93. The summed E-state index contributed by atoms with van der Waals surface area (Å²) in [6.07, 6.45) is 3.68. The monoisotopic (exact) mass is 266 g/mol. The van der Waals surface area contributed by atoms with Crippen LogP contribution in [0.2, 0.25) is 0 Å². The highest BCUT2D eigenvalue weighted by atomic mass is 16.1. The van der Waals surface area contributed by atoms with Crippen LogP contribution in [0.25, 0.3) is 0 Å². The molecule has 0 atom stereocenters. The molecule has 0 radical (unpaired) electrons. The molecule has 3 rings (SSSR count). The van der Waals surface area contributed by atoms with Crippen LogP contribution in [0.4, 0.5) is 5.69 Å². The first-order valence-corrected chi connectivity index (χ1v) is 6.97. The largest absolute Gasteiger partial charge is 0.381 e. The van der Waals surface area contributed by atoms with Crippen molar-refractivity contribution in [1.29, 1.82) is 0 Å². The number of nitrogens with one attached hydrogen (secondary N) is 1. The van der Waals surface area contributed by atoms with Gasteiger partial charge in [0.15, 0.2) is 0 Å². The number of primary amides is 1. The number of fused-ring (bicyclic) bond motifs is 1. The minimum atomic E-state index is -0.397. The van der Waals surface area contributed by atoms with Gasteiger partial charge in [-0.05, 0) is 54.2 Å². The standard InChI is InChI=1S/C17H18N2O/c18-17(20)15-5-2-6-16(10-15)19-11-12-7-8-13-3-1-4-14(13)9-12/h2,5-10,19H,1,3-4,11H2,(H2,18,20). The van der Waals surface area contributed by atoms with Crippen LogP contribution in [0, 0.1) is 0 Å². The van der Waals surface area contributed by atoms with Gasteiger partial charge in [-0.3, -0.25) is 4.79 Å². The molecule has 1 aliphatic carbocycles. The zero-order valence-electron chi connectivity index (χ0n) is 11.4. The second kappa shape index (κ2) is 5.37. The predicted molar refractivity (Wildman–Crippen MR) is 80.8 cm³/mol. The maximum atomic E-state index is 11.1.